The van der Waals surface area contributed by atoms with E-state index < -0.39 is 0 Å². The molecule has 2 aliphatic rings. The van der Waals surface area contributed by atoms with Gasteiger partial charge in [-0.15, -0.1) is 0 Å². The maximum atomic E-state index is 13.1. The monoisotopic (exact) mass is 345 g/mol. The number of rotatable bonds is 3. The third-order valence-electron chi connectivity index (χ3n) is 4.82. The van der Waals surface area contributed by atoms with Crippen LogP contribution in [0, 0.1) is 0 Å². The number of carbonyl (C=O) groups is 1. The highest BCUT2D eigenvalue weighted by molar-refractivity contribution is 6.33. The summed E-state index contributed by atoms with van der Waals surface area (Å²) in [6.07, 6.45) is 7.65. The third-order valence-corrected chi connectivity index (χ3v) is 5.09. The molecule has 2 aromatic rings. The van der Waals surface area contributed by atoms with Gasteiger partial charge < -0.3 is 14.8 Å². The van der Waals surface area contributed by atoms with Crippen molar-refractivity contribution in [1.82, 2.24) is 19.9 Å². The second-order valence-electron chi connectivity index (χ2n) is 6.34. The van der Waals surface area contributed by atoms with Gasteiger partial charge in [-0.25, -0.2) is 9.97 Å². The first-order chi connectivity index (χ1) is 11.7. The van der Waals surface area contributed by atoms with Crippen LogP contribution in [0.5, 0.6) is 0 Å². The first-order valence-electron chi connectivity index (χ1n) is 8.46. The number of hydrogen-bond donors (Lipinski definition) is 1. The smallest absolute Gasteiger partial charge is 0.274 e. The number of amides is 1. The Hall–Kier alpha value is -2.08. The number of likely N-dealkylation sites (tertiary alicyclic amines) is 1. The first kappa shape index (κ1) is 15.4. The van der Waals surface area contributed by atoms with Crippen molar-refractivity contribution in [3.8, 4) is 0 Å². The van der Waals surface area contributed by atoms with Crippen molar-refractivity contribution in [1.29, 1.82) is 0 Å². The van der Waals surface area contributed by atoms with E-state index >= 15 is 0 Å². The fourth-order valence-electron chi connectivity index (χ4n) is 3.60. The Morgan fingerprint density at radius 3 is 2.83 bits per heavy atom. The molecule has 2 fully saturated rings. The quantitative estimate of drug-likeness (QED) is 0.928. The zero-order valence-corrected chi connectivity index (χ0v) is 14.2. The minimum absolute atomic E-state index is 0.0637. The number of aromatic nitrogens is 3. The van der Waals surface area contributed by atoms with Crippen LogP contribution in [0.1, 0.15) is 47.9 Å². The summed E-state index contributed by atoms with van der Waals surface area (Å²) < 4.78 is 0. The van der Waals surface area contributed by atoms with Gasteiger partial charge >= 0.3 is 0 Å². The second kappa shape index (κ2) is 6.43. The largest absolute Gasteiger partial charge is 0.363 e. The molecule has 4 heterocycles. The molecule has 1 unspecified atom stereocenters. The molecule has 2 aromatic heterocycles. The van der Waals surface area contributed by atoms with Crippen LogP contribution in [0.4, 0.5) is 5.95 Å². The molecule has 0 bridgehead atoms. The highest BCUT2D eigenvalue weighted by Crippen LogP contribution is 2.33. The fourth-order valence-corrected chi connectivity index (χ4v) is 3.77. The fraction of sp³-hybridized carbons (Fsp3) is 0.471. The van der Waals surface area contributed by atoms with Crippen LogP contribution >= 0.6 is 11.6 Å². The van der Waals surface area contributed by atoms with Gasteiger partial charge in [0.05, 0.1) is 17.3 Å². The molecule has 0 saturated carbocycles. The molecule has 0 aromatic carbocycles. The number of carbonyl (C=O) groups excluding carboxylic acids is 1. The highest BCUT2D eigenvalue weighted by atomic mass is 35.5. The standard InChI is InChI=1S/C17H20ClN5O/c18-12-11-20-17(22-8-1-2-9-22)21-15(12)16(24)23-10-4-6-14(23)13-5-3-7-19-13/h3,5,7,11,14,19H,1-2,4,6,8-10H2. The van der Waals surface area contributed by atoms with Gasteiger partial charge in [-0.3, -0.25) is 4.79 Å². The van der Waals surface area contributed by atoms with E-state index in [2.05, 4.69) is 19.9 Å². The summed E-state index contributed by atoms with van der Waals surface area (Å²) in [5.74, 6) is 0.496. The highest BCUT2D eigenvalue weighted by Gasteiger charge is 2.33. The van der Waals surface area contributed by atoms with E-state index in [0.717, 1.165) is 51.0 Å². The van der Waals surface area contributed by atoms with E-state index in [-0.39, 0.29) is 11.9 Å². The van der Waals surface area contributed by atoms with Gasteiger partial charge in [0.2, 0.25) is 5.95 Å². The Labute approximate surface area is 145 Å². The van der Waals surface area contributed by atoms with Crippen LogP contribution in [-0.2, 0) is 0 Å². The van der Waals surface area contributed by atoms with Crippen molar-refractivity contribution in [3.63, 3.8) is 0 Å². The maximum Gasteiger partial charge on any atom is 0.274 e. The Morgan fingerprint density at radius 2 is 2.08 bits per heavy atom. The molecule has 0 aliphatic carbocycles. The molecule has 2 saturated heterocycles. The van der Waals surface area contributed by atoms with Crippen molar-refractivity contribution in [3.05, 3.63) is 40.9 Å². The van der Waals surface area contributed by atoms with Crippen molar-refractivity contribution in [2.75, 3.05) is 24.5 Å². The number of anilines is 1. The summed E-state index contributed by atoms with van der Waals surface area (Å²) in [6, 6.07) is 4.04. The molecule has 7 heteroatoms. The molecule has 1 atom stereocenters. The van der Waals surface area contributed by atoms with Crippen LogP contribution in [0.15, 0.2) is 24.5 Å². The molecule has 4 rings (SSSR count). The lowest BCUT2D eigenvalue weighted by molar-refractivity contribution is 0.0727. The molecular formula is C17H20ClN5O. The second-order valence-corrected chi connectivity index (χ2v) is 6.75. The summed E-state index contributed by atoms with van der Waals surface area (Å²) in [4.78, 5) is 29.1. The lowest BCUT2D eigenvalue weighted by Gasteiger charge is -2.24. The summed E-state index contributed by atoms with van der Waals surface area (Å²) in [5, 5.41) is 0.320. The van der Waals surface area contributed by atoms with Gasteiger partial charge in [0.15, 0.2) is 5.69 Å². The predicted molar refractivity (Wildman–Crippen MR) is 92.3 cm³/mol. The molecule has 1 amide bonds. The predicted octanol–water partition coefficient (Wildman–Crippen LogP) is 3.04. The topological polar surface area (TPSA) is 65.1 Å². The number of nitrogens with one attached hydrogen (secondary N) is 1. The zero-order valence-electron chi connectivity index (χ0n) is 13.4. The van der Waals surface area contributed by atoms with Crippen molar-refractivity contribution in [2.45, 2.75) is 31.7 Å². The van der Waals surface area contributed by atoms with Gasteiger partial charge in [0, 0.05) is 31.5 Å². The lowest BCUT2D eigenvalue weighted by atomic mass is 10.1. The summed E-state index contributed by atoms with van der Waals surface area (Å²) >= 11 is 6.25. The van der Waals surface area contributed by atoms with E-state index in [1.807, 2.05) is 23.2 Å². The average Bonchev–Trinajstić information content (AvgIpc) is 3.34. The first-order valence-corrected chi connectivity index (χ1v) is 8.83. The number of hydrogen-bond acceptors (Lipinski definition) is 4. The third kappa shape index (κ3) is 2.75. The normalized spacial score (nSPS) is 20.8. The zero-order chi connectivity index (χ0) is 16.5. The SMILES string of the molecule is O=C(c1nc(N2CCCC2)ncc1Cl)N1CCCC1c1ccc[nH]1. The van der Waals surface area contributed by atoms with Crippen molar-refractivity contribution >= 4 is 23.5 Å². The van der Waals surface area contributed by atoms with E-state index in [1.165, 1.54) is 0 Å². The molecule has 126 valence electrons. The minimum atomic E-state index is -0.111. The van der Waals surface area contributed by atoms with Gasteiger partial charge in [-0.05, 0) is 37.8 Å². The van der Waals surface area contributed by atoms with Crippen LogP contribution in [-0.4, -0.2) is 45.4 Å². The molecule has 2 aliphatic heterocycles. The van der Waals surface area contributed by atoms with E-state index in [9.17, 15) is 4.79 Å². The minimum Gasteiger partial charge on any atom is -0.363 e. The van der Waals surface area contributed by atoms with Gasteiger partial charge in [0.1, 0.15) is 0 Å². The lowest BCUT2D eigenvalue weighted by Crippen LogP contribution is -2.32. The molecule has 1 N–H and O–H groups in total. The molecule has 6 nitrogen and oxygen atoms in total. The van der Waals surface area contributed by atoms with Crippen LogP contribution in [0.3, 0.4) is 0 Å². The maximum absolute atomic E-state index is 13.1. The number of nitrogens with zero attached hydrogens (tertiary/aromatic N) is 4. The molecule has 0 spiro atoms. The Morgan fingerprint density at radius 1 is 1.25 bits per heavy atom. The van der Waals surface area contributed by atoms with E-state index in [1.54, 1.807) is 6.20 Å². The molecule has 24 heavy (non-hydrogen) atoms. The van der Waals surface area contributed by atoms with Gasteiger partial charge in [-0.2, -0.15) is 0 Å². The number of halogens is 1. The average molecular weight is 346 g/mol. The summed E-state index contributed by atoms with van der Waals surface area (Å²) in [5.41, 5.74) is 1.37. The Balaban J connectivity index is 1.62. The van der Waals surface area contributed by atoms with E-state index in [0.29, 0.717) is 16.7 Å². The Bertz CT molecular complexity index is 727. The summed E-state index contributed by atoms with van der Waals surface area (Å²) in [6.45, 7) is 2.59. The van der Waals surface area contributed by atoms with Crippen LogP contribution in [0.25, 0.3) is 0 Å². The number of aromatic amines is 1. The van der Waals surface area contributed by atoms with Crippen molar-refractivity contribution < 1.29 is 4.79 Å². The van der Waals surface area contributed by atoms with Gasteiger partial charge in [-0.1, -0.05) is 11.6 Å². The Kier molecular flexibility index (Phi) is 4.14. The summed E-state index contributed by atoms with van der Waals surface area (Å²) in [7, 11) is 0. The van der Waals surface area contributed by atoms with Crippen LogP contribution < -0.4 is 4.90 Å². The molecular weight excluding hydrogens is 326 g/mol. The van der Waals surface area contributed by atoms with Crippen LogP contribution in [0.2, 0.25) is 5.02 Å². The van der Waals surface area contributed by atoms with Crippen molar-refractivity contribution in [2.24, 2.45) is 0 Å². The molecule has 0 radical (unpaired) electrons. The van der Waals surface area contributed by atoms with E-state index in [4.69, 9.17) is 11.6 Å². The van der Waals surface area contributed by atoms with Gasteiger partial charge in [0.25, 0.3) is 5.91 Å². The number of H-pyrrole nitrogens is 1.